The Kier molecular flexibility index (Phi) is 6.89. The second-order valence-corrected chi connectivity index (χ2v) is 9.64. The predicted octanol–water partition coefficient (Wildman–Crippen LogP) is 3.80. The number of rotatable bonds is 8. The quantitative estimate of drug-likeness (QED) is 0.536. The molecule has 162 valence electrons. The molecule has 0 saturated carbocycles. The van der Waals surface area contributed by atoms with Gasteiger partial charge in [0, 0.05) is 23.5 Å². The lowest BCUT2D eigenvalue weighted by Gasteiger charge is -2.18. The topological polar surface area (TPSA) is 110 Å². The number of sulfonamides is 1. The highest BCUT2D eigenvalue weighted by molar-refractivity contribution is 7.89. The lowest BCUT2D eigenvalue weighted by molar-refractivity contribution is 0.100. The van der Waals surface area contributed by atoms with E-state index in [1.807, 2.05) is 30.3 Å². The van der Waals surface area contributed by atoms with Gasteiger partial charge >= 0.3 is 0 Å². The van der Waals surface area contributed by atoms with Crippen molar-refractivity contribution in [1.29, 1.82) is 0 Å². The number of benzene rings is 2. The van der Waals surface area contributed by atoms with Crippen LogP contribution in [0.25, 0.3) is 10.4 Å². The highest BCUT2D eigenvalue weighted by atomic mass is 32.2. The molecule has 31 heavy (non-hydrogen) atoms. The Labute approximate surface area is 185 Å². The van der Waals surface area contributed by atoms with Gasteiger partial charge < -0.3 is 11.1 Å². The first-order valence-electron chi connectivity index (χ1n) is 9.68. The summed E-state index contributed by atoms with van der Waals surface area (Å²) in [7, 11) is -3.61. The van der Waals surface area contributed by atoms with Gasteiger partial charge in [-0.3, -0.25) is 9.59 Å². The fraction of sp³-hybridized carbons (Fsp3) is 0.182. The molecular weight excluding hydrogens is 434 g/mol. The summed E-state index contributed by atoms with van der Waals surface area (Å²) in [5.41, 5.74) is 6.88. The monoisotopic (exact) mass is 457 g/mol. The first-order valence-corrected chi connectivity index (χ1v) is 11.9. The van der Waals surface area contributed by atoms with Crippen molar-refractivity contribution in [2.75, 3.05) is 18.4 Å². The summed E-state index contributed by atoms with van der Waals surface area (Å²) >= 11 is 1.25. The maximum Gasteiger partial charge on any atom is 0.256 e. The third-order valence-corrected chi connectivity index (χ3v) is 7.91. The Morgan fingerprint density at radius 2 is 1.61 bits per heavy atom. The van der Waals surface area contributed by atoms with E-state index in [0.717, 1.165) is 10.4 Å². The third-order valence-electron chi connectivity index (χ3n) is 4.74. The predicted molar refractivity (Wildman–Crippen MR) is 123 cm³/mol. The van der Waals surface area contributed by atoms with Crippen molar-refractivity contribution >= 4 is 38.2 Å². The van der Waals surface area contributed by atoms with E-state index in [2.05, 4.69) is 5.32 Å². The Balaban J connectivity index is 1.85. The maximum absolute atomic E-state index is 12.7. The summed E-state index contributed by atoms with van der Waals surface area (Å²) in [6.07, 6.45) is 0. The molecule has 1 heterocycles. The van der Waals surface area contributed by atoms with Gasteiger partial charge in [-0.15, -0.1) is 11.3 Å². The number of nitrogens with one attached hydrogen (secondary N) is 1. The van der Waals surface area contributed by atoms with E-state index in [1.54, 1.807) is 19.9 Å². The average molecular weight is 458 g/mol. The summed E-state index contributed by atoms with van der Waals surface area (Å²) < 4.78 is 26.5. The molecular formula is C22H23N3O4S2. The summed E-state index contributed by atoms with van der Waals surface area (Å²) in [5.74, 6) is -1.11. The zero-order valence-electron chi connectivity index (χ0n) is 17.2. The molecule has 0 aliphatic rings. The summed E-state index contributed by atoms with van der Waals surface area (Å²) in [4.78, 5) is 25.5. The van der Waals surface area contributed by atoms with Crippen LogP contribution in [0.2, 0.25) is 0 Å². The fourth-order valence-electron chi connectivity index (χ4n) is 3.08. The van der Waals surface area contributed by atoms with E-state index in [4.69, 9.17) is 5.73 Å². The van der Waals surface area contributed by atoms with Crippen molar-refractivity contribution in [1.82, 2.24) is 4.31 Å². The number of nitrogens with zero attached hydrogens (tertiary/aromatic N) is 1. The van der Waals surface area contributed by atoms with Crippen molar-refractivity contribution in [2.24, 2.45) is 5.73 Å². The van der Waals surface area contributed by atoms with Crippen LogP contribution < -0.4 is 11.1 Å². The largest absolute Gasteiger partial charge is 0.366 e. The molecule has 0 radical (unpaired) electrons. The van der Waals surface area contributed by atoms with E-state index >= 15 is 0 Å². The Morgan fingerprint density at radius 1 is 1.00 bits per heavy atom. The minimum Gasteiger partial charge on any atom is -0.366 e. The van der Waals surface area contributed by atoms with Gasteiger partial charge in [0.15, 0.2) is 0 Å². The van der Waals surface area contributed by atoms with Crippen LogP contribution in [0, 0.1) is 0 Å². The molecule has 1 aromatic heterocycles. The van der Waals surface area contributed by atoms with Crippen molar-refractivity contribution in [3.8, 4) is 10.4 Å². The van der Waals surface area contributed by atoms with Crippen LogP contribution in [0.3, 0.4) is 0 Å². The van der Waals surface area contributed by atoms with Crippen molar-refractivity contribution < 1.29 is 18.0 Å². The molecule has 0 aliphatic heterocycles. The van der Waals surface area contributed by atoms with Gasteiger partial charge in [0.2, 0.25) is 10.0 Å². The number of hydrogen-bond acceptors (Lipinski definition) is 5. The number of amides is 2. The number of carbonyl (C=O) groups is 2. The van der Waals surface area contributed by atoms with Gasteiger partial charge in [0.05, 0.1) is 10.5 Å². The number of hydrogen-bond donors (Lipinski definition) is 2. The second kappa shape index (κ2) is 9.42. The van der Waals surface area contributed by atoms with E-state index in [0.29, 0.717) is 18.1 Å². The zero-order valence-corrected chi connectivity index (χ0v) is 18.8. The summed E-state index contributed by atoms with van der Waals surface area (Å²) in [5, 5.41) is 3.06. The standard InChI is InChI=1S/C22H23N3O4S2/c1-3-25(4-2)31(28,29)17-12-10-16(11-13-17)21(27)24-22-18(20(23)26)14-19(30-22)15-8-6-5-7-9-15/h5-14H,3-4H2,1-2H3,(H2,23,26)(H,24,27). The normalized spacial score (nSPS) is 11.5. The van der Waals surface area contributed by atoms with Crippen LogP contribution >= 0.6 is 11.3 Å². The van der Waals surface area contributed by atoms with Gasteiger partial charge in [0.1, 0.15) is 5.00 Å². The minimum atomic E-state index is -3.61. The minimum absolute atomic E-state index is 0.119. The number of carbonyl (C=O) groups excluding carboxylic acids is 2. The van der Waals surface area contributed by atoms with Crippen LogP contribution in [0.1, 0.15) is 34.6 Å². The average Bonchev–Trinajstić information content (AvgIpc) is 3.19. The van der Waals surface area contributed by atoms with E-state index < -0.39 is 21.8 Å². The lowest BCUT2D eigenvalue weighted by Crippen LogP contribution is -2.30. The first kappa shape index (κ1) is 22.7. The number of primary amides is 1. The van der Waals surface area contributed by atoms with E-state index in [-0.39, 0.29) is 16.0 Å². The fourth-order valence-corrected chi connectivity index (χ4v) is 5.60. The summed E-state index contributed by atoms with van der Waals surface area (Å²) in [6, 6.07) is 16.8. The lowest BCUT2D eigenvalue weighted by atomic mass is 10.1. The Morgan fingerprint density at radius 3 is 2.16 bits per heavy atom. The van der Waals surface area contributed by atoms with E-state index in [9.17, 15) is 18.0 Å². The SMILES string of the molecule is CCN(CC)S(=O)(=O)c1ccc(C(=O)Nc2sc(-c3ccccc3)cc2C(N)=O)cc1. The van der Waals surface area contributed by atoms with Gasteiger partial charge in [-0.1, -0.05) is 44.2 Å². The molecule has 0 unspecified atom stereocenters. The van der Waals surface area contributed by atoms with Crippen molar-refractivity contribution in [3.05, 3.63) is 71.8 Å². The summed E-state index contributed by atoms with van der Waals surface area (Å²) in [6.45, 7) is 4.26. The van der Waals surface area contributed by atoms with Gasteiger partial charge in [-0.2, -0.15) is 4.31 Å². The zero-order chi connectivity index (χ0) is 22.6. The molecule has 0 fully saturated rings. The number of anilines is 1. The molecule has 0 spiro atoms. The van der Waals surface area contributed by atoms with Crippen LogP contribution in [0.15, 0.2) is 65.6 Å². The van der Waals surface area contributed by atoms with Crippen LogP contribution in [-0.4, -0.2) is 37.6 Å². The van der Waals surface area contributed by atoms with Crippen molar-refractivity contribution in [3.63, 3.8) is 0 Å². The van der Waals surface area contributed by atoms with Crippen molar-refractivity contribution in [2.45, 2.75) is 18.7 Å². The third kappa shape index (κ3) is 4.84. The molecule has 3 N–H and O–H groups in total. The molecule has 0 bridgehead atoms. The van der Waals surface area contributed by atoms with E-state index in [1.165, 1.54) is 39.9 Å². The molecule has 2 amide bonds. The van der Waals surface area contributed by atoms with Gasteiger partial charge in [-0.05, 0) is 35.9 Å². The first-order chi connectivity index (χ1) is 14.8. The molecule has 3 aromatic rings. The highest BCUT2D eigenvalue weighted by Gasteiger charge is 2.22. The molecule has 7 nitrogen and oxygen atoms in total. The van der Waals surface area contributed by atoms with Gasteiger partial charge in [0.25, 0.3) is 11.8 Å². The van der Waals surface area contributed by atoms with Crippen LogP contribution in [-0.2, 0) is 10.0 Å². The molecule has 9 heteroatoms. The smallest absolute Gasteiger partial charge is 0.256 e. The second-order valence-electron chi connectivity index (χ2n) is 6.65. The number of thiophene rings is 1. The highest BCUT2D eigenvalue weighted by Crippen LogP contribution is 2.35. The Bertz CT molecular complexity index is 1180. The van der Waals surface area contributed by atoms with Crippen LogP contribution in [0.5, 0.6) is 0 Å². The maximum atomic E-state index is 12.7. The Hall–Kier alpha value is -3.01. The molecule has 0 saturated heterocycles. The molecule has 2 aromatic carbocycles. The van der Waals surface area contributed by atoms with Gasteiger partial charge in [-0.25, -0.2) is 8.42 Å². The van der Waals surface area contributed by atoms with Crippen LogP contribution in [0.4, 0.5) is 5.00 Å². The molecule has 3 rings (SSSR count). The molecule has 0 atom stereocenters. The number of nitrogens with two attached hydrogens (primary N) is 1. The molecule has 0 aliphatic carbocycles.